The molecule has 31 heavy (non-hydrogen) atoms. The number of ether oxygens (including phenoxy) is 1. The third-order valence-electron chi connectivity index (χ3n) is 5.63. The van der Waals surface area contributed by atoms with Crippen molar-refractivity contribution in [3.63, 3.8) is 0 Å². The van der Waals surface area contributed by atoms with E-state index in [2.05, 4.69) is 20.9 Å². The van der Waals surface area contributed by atoms with Crippen molar-refractivity contribution in [1.29, 1.82) is 0 Å². The van der Waals surface area contributed by atoms with Gasteiger partial charge in [-0.05, 0) is 43.7 Å². The molecular formula is C23H25ClN4O3. The van der Waals surface area contributed by atoms with Gasteiger partial charge in [0.1, 0.15) is 11.6 Å². The molecule has 8 heteroatoms. The summed E-state index contributed by atoms with van der Waals surface area (Å²) in [6.07, 6.45) is 0.951. The summed E-state index contributed by atoms with van der Waals surface area (Å²) in [5, 5.41) is 3.49. The molecule has 1 fully saturated rings. The number of benzene rings is 2. The molecule has 0 radical (unpaired) electrons. The van der Waals surface area contributed by atoms with Gasteiger partial charge in [0.15, 0.2) is 0 Å². The molecule has 2 aromatic carbocycles. The van der Waals surface area contributed by atoms with E-state index in [-0.39, 0.29) is 18.2 Å². The summed E-state index contributed by atoms with van der Waals surface area (Å²) < 4.78 is 7.51. The van der Waals surface area contributed by atoms with Crippen molar-refractivity contribution < 1.29 is 14.3 Å². The van der Waals surface area contributed by atoms with Gasteiger partial charge >= 0.3 is 0 Å². The van der Waals surface area contributed by atoms with Crippen LogP contribution >= 0.6 is 11.6 Å². The first-order valence-electron chi connectivity index (χ1n) is 10.3. The zero-order valence-corrected chi connectivity index (χ0v) is 18.4. The Kier molecular flexibility index (Phi) is 6.13. The Morgan fingerprint density at radius 2 is 2.10 bits per heavy atom. The molecule has 1 unspecified atom stereocenters. The summed E-state index contributed by atoms with van der Waals surface area (Å²) in [6.45, 7) is 3.60. The largest absolute Gasteiger partial charge is 0.495 e. The van der Waals surface area contributed by atoms with E-state index in [0.29, 0.717) is 29.5 Å². The minimum atomic E-state index is -0.396. The number of aromatic nitrogens is 2. The number of hydrogen-bond donors (Lipinski definition) is 1. The maximum atomic E-state index is 12.7. The van der Waals surface area contributed by atoms with Crippen LogP contribution in [0.15, 0.2) is 42.5 Å². The highest BCUT2D eigenvalue weighted by molar-refractivity contribution is 6.31. The molecule has 0 bridgehead atoms. The maximum absolute atomic E-state index is 12.7. The number of imidazole rings is 1. The lowest BCUT2D eigenvalue weighted by molar-refractivity contribution is -0.126. The zero-order chi connectivity index (χ0) is 22.0. The van der Waals surface area contributed by atoms with Crippen LogP contribution in [0.3, 0.4) is 0 Å². The number of nitrogens with one attached hydrogen (secondary N) is 1. The first-order chi connectivity index (χ1) is 15.0. The van der Waals surface area contributed by atoms with Crippen LogP contribution in [0.2, 0.25) is 5.02 Å². The number of rotatable bonds is 7. The molecule has 1 aliphatic heterocycles. The molecule has 162 valence electrons. The highest BCUT2D eigenvalue weighted by Gasteiger charge is 2.36. The third kappa shape index (κ3) is 4.37. The van der Waals surface area contributed by atoms with Crippen LogP contribution in [-0.4, -0.2) is 41.6 Å². The van der Waals surface area contributed by atoms with Crippen molar-refractivity contribution in [2.75, 3.05) is 25.1 Å². The van der Waals surface area contributed by atoms with Gasteiger partial charge in [-0.3, -0.25) is 9.59 Å². The van der Waals surface area contributed by atoms with Crippen LogP contribution in [0, 0.1) is 12.8 Å². The van der Waals surface area contributed by atoms with Gasteiger partial charge in [0, 0.05) is 31.1 Å². The van der Waals surface area contributed by atoms with E-state index in [1.807, 2.05) is 25.1 Å². The fraction of sp³-hybridized carbons (Fsp3) is 0.348. The van der Waals surface area contributed by atoms with Crippen molar-refractivity contribution in [1.82, 2.24) is 14.9 Å². The number of carbonyl (C=O) groups is 2. The van der Waals surface area contributed by atoms with Crippen LogP contribution in [0.1, 0.15) is 18.7 Å². The molecule has 7 nitrogen and oxygen atoms in total. The number of halogens is 1. The molecular weight excluding hydrogens is 416 g/mol. The molecule has 4 rings (SSSR count). The van der Waals surface area contributed by atoms with E-state index in [4.69, 9.17) is 16.3 Å². The Hall–Kier alpha value is -3.06. The topological polar surface area (TPSA) is 76.5 Å². The number of aryl methyl sites for hydroxylation is 2. The normalized spacial score (nSPS) is 16.2. The number of nitrogens with zero attached hydrogens (tertiary/aromatic N) is 3. The smallest absolute Gasteiger partial charge is 0.227 e. The Balaban J connectivity index is 1.33. The monoisotopic (exact) mass is 440 g/mol. The van der Waals surface area contributed by atoms with Crippen molar-refractivity contribution in [2.45, 2.75) is 26.3 Å². The van der Waals surface area contributed by atoms with E-state index >= 15 is 0 Å². The van der Waals surface area contributed by atoms with E-state index < -0.39 is 5.92 Å². The average molecular weight is 441 g/mol. The molecule has 0 spiro atoms. The predicted octanol–water partition coefficient (Wildman–Crippen LogP) is 3.57. The van der Waals surface area contributed by atoms with E-state index in [0.717, 1.165) is 29.8 Å². The van der Waals surface area contributed by atoms with Gasteiger partial charge in [-0.15, -0.1) is 0 Å². The quantitative estimate of drug-likeness (QED) is 0.570. The van der Waals surface area contributed by atoms with Crippen molar-refractivity contribution in [3.8, 4) is 5.75 Å². The lowest BCUT2D eigenvalue weighted by Gasteiger charge is -2.20. The summed E-state index contributed by atoms with van der Waals surface area (Å²) in [4.78, 5) is 31.4. The minimum Gasteiger partial charge on any atom is -0.495 e. The summed E-state index contributed by atoms with van der Waals surface area (Å²) in [5.74, 6) is 0.902. The Morgan fingerprint density at radius 3 is 2.90 bits per heavy atom. The molecule has 1 atom stereocenters. The number of fused-ring (bicyclic) bond motifs is 1. The number of anilines is 1. The van der Waals surface area contributed by atoms with Crippen LogP contribution in [0.4, 0.5) is 5.69 Å². The van der Waals surface area contributed by atoms with Gasteiger partial charge in [0.2, 0.25) is 11.8 Å². The van der Waals surface area contributed by atoms with Crippen molar-refractivity contribution >= 4 is 40.1 Å². The molecule has 0 saturated carbocycles. The lowest BCUT2D eigenvalue weighted by Crippen LogP contribution is -2.34. The summed E-state index contributed by atoms with van der Waals surface area (Å²) in [7, 11) is 1.54. The highest BCUT2D eigenvalue weighted by atomic mass is 35.5. The van der Waals surface area contributed by atoms with Crippen LogP contribution in [0.25, 0.3) is 11.0 Å². The van der Waals surface area contributed by atoms with Gasteiger partial charge in [-0.25, -0.2) is 4.98 Å². The first-order valence-corrected chi connectivity index (χ1v) is 10.7. The summed E-state index contributed by atoms with van der Waals surface area (Å²) in [6, 6.07) is 13.1. The molecule has 0 aliphatic carbocycles. The molecule has 2 amide bonds. The first kappa shape index (κ1) is 21.2. The zero-order valence-electron chi connectivity index (χ0n) is 17.6. The van der Waals surface area contributed by atoms with Gasteiger partial charge in [-0.2, -0.15) is 0 Å². The molecule has 3 aromatic rings. The number of carbonyl (C=O) groups excluding carboxylic acids is 2. The Morgan fingerprint density at radius 1 is 1.29 bits per heavy atom. The van der Waals surface area contributed by atoms with Crippen LogP contribution < -0.4 is 15.0 Å². The summed E-state index contributed by atoms with van der Waals surface area (Å²) >= 11 is 6.09. The minimum absolute atomic E-state index is 0.107. The van der Waals surface area contributed by atoms with Crippen LogP contribution in [-0.2, 0) is 16.1 Å². The van der Waals surface area contributed by atoms with Gasteiger partial charge in [-0.1, -0.05) is 23.7 Å². The third-order valence-corrected chi connectivity index (χ3v) is 5.87. The van der Waals surface area contributed by atoms with E-state index in [1.54, 1.807) is 30.2 Å². The van der Waals surface area contributed by atoms with Crippen molar-refractivity contribution in [2.24, 2.45) is 5.92 Å². The standard InChI is InChI=1S/C23H25ClN4O3/c1-15-26-18-6-3-4-7-19(18)27(15)11-5-10-25-23(30)16-12-22(29)28(14-16)20-13-17(24)8-9-21(20)31-2/h3-4,6-9,13,16H,5,10-12,14H2,1-2H3,(H,25,30). The average Bonchev–Trinajstić information content (AvgIpc) is 3.30. The highest BCUT2D eigenvalue weighted by Crippen LogP contribution is 2.35. The van der Waals surface area contributed by atoms with Gasteiger partial charge in [0.05, 0.1) is 29.7 Å². The Bertz CT molecular complexity index is 1130. The second kappa shape index (κ2) is 8.98. The van der Waals surface area contributed by atoms with Crippen LogP contribution in [0.5, 0.6) is 5.75 Å². The molecule has 1 aliphatic rings. The number of hydrogen-bond acceptors (Lipinski definition) is 4. The predicted molar refractivity (Wildman–Crippen MR) is 121 cm³/mol. The van der Waals surface area contributed by atoms with E-state index in [9.17, 15) is 9.59 Å². The fourth-order valence-corrected chi connectivity index (χ4v) is 4.23. The second-order valence-corrected chi connectivity index (χ2v) is 8.10. The maximum Gasteiger partial charge on any atom is 0.227 e. The van der Waals surface area contributed by atoms with Gasteiger partial charge in [0.25, 0.3) is 0 Å². The number of amides is 2. The Labute approximate surface area is 186 Å². The SMILES string of the molecule is COc1ccc(Cl)cc1N1CC(C(=O)NCCCn2c(C)nc3ccccc32)CC1=O. The lowest BCUT2D eigenvalue weighted by atomic mass is 10.1. The second-order valence-electron chi connectivity index (χ2n) is 7.67. The van der Waals surface area contributed by atoms with E-state index in [1.165, 1.54) is 0 Å². The van der Waals surface area contributed by atoms with Crippen molar-refractivity contribution in [3.05, 3.63) is 53.3 Å². The molecule has 1 saturated heterocycles. The fourth-order valence-electron chi connectivity index (χ4n) is 4.06. The molecule has 2 heterocycles. The molecule has 1 aromatic heterocycles. The molecule has 1 N–H and O–H groups in total. The number of methoxy groups -OCH3 is 1. The van der Waals surface area contributed by atoms with Gasteiger partial charge < -0.3 is 19.5 Å². The number of para-hydroxylation sites is 2. The summed E-state index contributed by atoms with van der Waals surface area (Å²) in [5.41, 5.74) is 2.67.